The maximum Gasteiger partial charge on any atom is 0.0685 e. The molecule has 2 rings (SSSR count). The number of likely N-dealkylation sites (N-methyl/N-ethyl adjacent to an activating group) is 1. The molecule has 0 aromatic heterocycles. The third-order valence-electron chi connectivity index (χ3n) is 4.00. The zero-order valence-corrected chi connectivity index (χ0v) is 9.49. The molecule has 2 fully saturated rings. The summed E-state index contributed by atoms with van der Waals surface area (Å²) in [5.41, 5.74) is 5.91. The molecule has 82 valence electrons. The molecular formula is C11H22N2O. The van der Waals surface area contributed by atoms with Gasteiger partial charge in [0, 0.05) is 37.1 Å². The maximum atomic E-state index is 5.77. The zero-order valence-electron chi connectivity index (χ0n) is 9.49. The number of nitrogens with two attached hydrogens (primary N) is 1. The van der Waals surface area contributed by atoms with Gasteiger partial charge in [-0.1, -0.05) is 13.8 Å². The van der Waals surface area contributed by atoms with E-state index in [1.807, 2.05) is 0 Å². The van der Waals surface area contributed by atoms with Gasteiger partial charge in [0.05, 0.1) is 6.10 Å². The SMILES string of the molecule is CN(CCN)C1C2CCOC2C1(C)C. The van der Waals surface area contributed by atoms with Gasteiger partial charge in [-0.2, -0.15) is 0 Å². The van der Waals surface area contributed by atoms with Crippen LogP contribution in [-0.4, -0.2) is 43.8 Å². The van der Waals surface area contributed by atoms with E-state index in [4.69, 9.17) is 10.5 Å². The third-order valence-corrected chi connectivity index (χ3v) is 4.00. The molecule has 3 heteroatoms. The second-order valence-electron chi connectivity index (χ2n) is 5.28. The average Bonchev–Trinajstić information content (AvgIpc) is 2.50. The highest BCUT2D eigenvalue weighted by molar-refractivity contribution is 5.11. The molecular weight excluding hydrogens is 176 g/mol. The fraction of sp³-hybridized carbons (Fsp3) is 1.00. The summed E-state index contributed by atoms with van der Waals surface area (Å²) in [7, 11) is 2.19. The second-order valence-corrected chi connectivity index (χ2v) is 5.28. The molecule has 0 aromatic rings. The van der Waals surface area contributed by atoms with Gasteiger partial charge in [0.2, 0.25) is 0 Å². The van der Waals surface area contributed by atoms with Crippen LogP contribution in [-0.2, 0) is 4.74 Å². The van der Waals surface area contributed by atoms with Crippen molar-refractivity contribution in [1.82, 2.24) is 4.90 Å². The standard InChI is InChI=1S/C11H22N2O/c1-11(2)9(13(3)6-5-12)8-4-7-14-10(8)11/h8-10H,4-7,12H2,1-3H3. The van der Waals surface area contributed by atoms with E-state index in [0.717, 1.165) is 25.6 Å². The van der Waals surface area contributed by atoms with Gasteiger partial charge < -0.3 is 15.4 Å². The molecule has 0 radical (unpaired) electrons. The molecule has 2 N–H and O–H groups in total. The summed E-state index contributed by atoms with van der Waals surface area (Å²) in [4.78, 5) is 2.41. The van der Waals surface area contributed by atoms with Crippen molar-refractivity contribution in [3.63, 3.8) is 0 Å². The van der Waals surface area contributed by atoms with E-state index in [1.54, 1.807) is 0 Å². The van der Waals surface area contributed by atoms with Crippen molar-refractivity contribution in [2.24, 2.45) is 17.1 Å². The number of rotatable bonds is 3. The third kappa shape index (κ3) is 1.30. The van der Waals surface area contributed by atoms with E-state index in [9.17, 15) is 0 Å². The smallest absolute Gasteiger partial charge is 0.0685 e. The van der Waals surface area contributed by atoms with Gasteiger partial charge >= 0.3 is 0 Å². The van der Waals surface area contributed by atoms with E-state index < -0.39 is 0 Å². The van der Waals surface area contributed by atoms with Crippen molar-refractivity contribution in [2.45, 2.75) is 32.4 Å². The molecule has 1 heterocycles. The van der Waals surface area contributed by atoms with Gasteiger partial charge in [-0.3, -0.25) is 0 Å². The number of fused-ring (bicyclic) bond motifs is 1. The van der Waals surface area contributed by atoms with E-state index in [0.29, 0.717) is 17.6 Å². The number of ether oxygens (including phenoxy) is 1. The normalized spacial score (nSPS) is 39.6. The van der Waals surface area contributed by atoms with Crippen LogP contribution in [0, 0.1) is 11.3 Å². The minimum atomic E-state index is 0.311. The largest absolute Gasteiger partial charge is 0.377 e. The fourth-order valence-corrected chi connectivity index (χ4v) is 3.54. The first-order chi connectivity index (χ1) is 6.59. The monoisotopic (exact) mass is 198 g/mol. The molecule has 0 bridgehead atoms. The van der Waals surface area contributed by atoms with Crippen LogP contribution in [0.3, 0.4) is 0 Å². The molecule has 3 atom stereocenters. The first-order valence-electron chi connectivity index (χ1n) is 5.61. The van der Waals surface area contributed by atoms with Crippen LogP contribution in [0.1, 0.15) is 20.3 Å². The Balaban J connectivity index is 2.04. The molecule has 0 aromatic carbocycles. The van der Waals surface area contributed by atoms with Gasteiger partial charge in [-0.15, -0.1) is 0 Å². The van der Waals surface area contributed by atoms with Crippen molar-refractivity contribution < 1.29 is 4.74 Å². The highest BCUT2D eigenvalue weighted by Gasteiger charge is 2.60. The Morgan fingerprint density at radius 1 is 1.50 bits per heavy atom. The Kier molecular flexibility index (Phi) is 2.58. The summed E-state index contributed by atoms with van der Waals surface area (Å²) >= 11 is 0. The van der Waals surface area contributed by atoms with Crippen LogP contribution in [0.2, 0.25) is 0 Å². The minimum Gasteiger partial charge on any atom is -0.377 e. The molecule has 1 saturated carbocycles. The molecule has 1 saturated heterocycles. The molecule has 0 amide bonds. The lowest BCUT2D eigenvalue weighted by atomic mass is 9.57. The lowest BCUT2D eigenvalue weighted by Crippen LogP contribution is -2.66. The second kappa shape index (κ2) is 3.47. The summed E-state index contributed by atoms with van der Waals surface area (Å²) < 4.78 is 5.77. The zero-order chi connectivity index (χ0) is 10.3. The Bertz CT molecular complexity index is 217. The molecule has 3 unspecified atom stereocenters. The number of hydrogen-bond donors (Lipinski definition) is 1. The molecule has 1 aliphatic heterocycles. The predicted molar refractivity (Wildman–Crippen MR) is 57.1 cm³/mol. The van der Waals surface area contributed by atoms with E-state index in [1.165, 1.54) is 6.42 Å². The van der Waals surface area contributed by atoms with Gasteiger partial charge in [0.25, 0.3) is 0 Å². The van der Waals surface area contributed by atoms with Crippen LogP contribution >= 0.6 is 0 Å². The molecule has 3 nitrogen and oxygen atoms in total. The van der Waals surface area contributed by atoms with Crippen LogP contribution in [0.4, 0.5) is 0 Å². The van der Waals surface area contributed by atoms with Crippen LogP contribution in [0.25, 0.3) is 0 Å². The van der Waals surface area contributed by atoms with Crippen LogP contribution in [0.5, 0.6) is 0 Å². The fourth-order valence-electron chi connectivity index (χ4n) is 3.54. The first kappa shape index (κ1) is 10.4. The predicted octanol–water partition coefficient (Wildman–Crippen LogP) is 0.690. The Hall–Kier alpha value is -0.120. The van der Waals surface area contributed by atoms with Gasteiger partial charge in [0.1, 0.15) is 0 Å². The molecule has 14 heavy (non-hydrogen) atoms. The average molecular weight is 198 g/mol. The van der Waals surface area contributed by atoms with Crippen LogP contribution in [0.15, 0.2) is 0 Å². The maximum absolute atomic E-state index is 5.77. The lowest BCUT2D eigenvalue weighted by Gasteiger charge is -2.58. The van der Waals surface area contributed by atoms with Gasteiger partial charge in [0.15, 0.2) is 0 Å². The molecule has 0 spiro atoms. The van der Waals surface area contributed by atoms with E-state index in [2.05, 4.69) is 25.8 Å². The van der Waals surface area contributed by atoms with Crippen molar-refractivity contribution >= 4 is 0 Å². The van der Waals surface area contributed by atoms with Gasteiger partial charge in [-0.25, -0.2) is 0 Å². The van der Waals surface area contributed by atoms with Crippen molar-refractivity contribution in [1.29, 1.82) is 0 Å². The Morgan fingerprint density at radius 3 is 2.86 bits per heavy atom. The quantitative estimate of drug-likeness (QED) is 0.725. The number of hydrogen-bond acceptors (Lipinski definition) is 3. The first-order valence-corrected chi connectivity index (χ1v) is 5.61. The Labute approximate surface area is 86.6 Å². The van der Waals surface area contributed by atoms with Crippen molar-refractivity contribution in [3.05, 3.63) is 0 Å². The summed E-state index contributed by atoms with van der Waals surface area (Å²) in [6.45, 7) is 7.33. The number of nitrogens with zero attached hydrogens (tertiary/aromatic N) is 1. The van der Waals surface area contributed by atoms with Crippen LogP contribution < -0.4 is 5.73 Å². The van der Waals surface area contributed by atoms with E-state index in [-0.39, 0.29) is 0 Å². The van der Waals surface area contributed by atoms with Crippen molar-refractivity contribution in [3.8, 4) is 0 Å². The highest BCUT2D eigenvalue weighted by atomic mass is 16.5. The summed E-state index contributed by atoms with van der Waals surface area (Å²) in [5, 5.41) is 0. The summed E-state index contributed by atoms with van der Waals surface area (Å²) in [6.07, 6.45) is 1.72. The van der Waals surface area contributed by atoms with E-state index >= 15 is 0 Å². The highest BCUT2D eigenvalue weighted by Crippen LogP contribution is 2.54. The lowest BCUT2D eigenvalue weighted by molar-refractivity contribution is -0.148. The Morgan fingerprint density at radius 2 is 2.21 bits per heavy atom. The van der Waals surface area contributed by atoms with Crippen molar-refractivity contribution in [2.75, 3.05) is 26.7 Å². The van der Waals surface area contributed by atoms with Gasteiger partial charge in [-0.05, 0) is 13.5 Å². The topological polar surface area (TPSA) is 38.5 Å². The molecule has 2 aliphatic rings. The summed E-state index contributed by atoms with van der Waals surface area (Å²) in [6, 6.07) is 0.665. The summed E-state index contributed by atoms with van der Waals surface area (Å²) in [5.74, 6) is 0.751. The minimum absolute atomic E-state index is 0.311. The molecule has 1 aliphatic carbocycles.